The Morgan fingerprint density at radius 3 is 2.47 bits per heavy atom. The largest absolute Gasteiger partial charge is 0.336 e. The molecule has 0 bridgehead atoms. The predicted molar refractivity (Wildman–Crippen MR) is 114 cm³/mol. The Labute approximate surface area is 175 Å². The maximum Gasteiger partial charge on any atom is 0.257 e. The van der Waals surface area contributed by atoms with Crippen molar-refractivity contribution in [2.45, 2.75) is 30.7 Å². The second-order valence-electron chi connectivity index (χ2n) is 7.89. The van der Waals surface area contributed by atoms with Gasteiger partial charge in [0.05, 0.1) is 22.3 Å². The predicted octanol–water partition coefficient (Wildman–Crippen LogP) is 2.52. The van der Waals surface area contributed by atoms with Crippen LogP contribution in [0.4, 0.5) is 0 Å². The van der Waals surface area contributed by atoms with E-state index in [2.05, 4.69) is 5.10 Å². The summed E-state index contributed by atoms with van der Waals surface area (Å²) in [4.78, 5) is 15.1. The first-order valence-corrected chi connectivity index (χ1v) is 11.8. The molecule has 0 radical (unpaired) electrons. The molecule has 0 N–H and O–H groups in total. The molecule has 2 aliphatic heterocycles. The van der Waals surface area contributed by atoms with Crippen molar-refractivity contribution in [3.8, 4) is 0 Å². The number of hydrogen-bond donors (Lipinski definition) is 0. The third-order valence-corrected chi connectivity index (χ3v) is 7.99. The molecule has 156 valence electrons. The summed E-state index contributed by atoms with van der Waals surface area (Å²) in [6, 6.07) is 12.9. The van der Waals surface area contributed by atoms with Gasteiger partial charge in [0.2, 0.25) is 10.0 Å². The molecule has 1 saturated heterocycles. The number of nitrogens with zero attached hydrogens (tertiary/aromatic N) is 4. The molecule has 0 atom stereocenters. The van der Waals surface area contributed by atoms with Crippen LogP contribution in [0.2, 0.25) is 0 Å². The first-order chi connectivity index (χ1) is 14.5. The summed E-state index contributed by atoms with van der Waals surface area (Å²) in [6.07, 6.45) is 4.70. The summed E-state index contributed by atoms with van der Waals surface area (Å²) in [5.41, 5.74) is 1.68. The summed E-state index contributed by atoms with van der Waals surface area (Å²) in [5.74, 6) is -0.0408. The van der Waals surface area contributed by atoms with Crippen molar-refractivity contribution in [1.82, 2.24) is 19.0 Å². The maximum absolute atomic E-state index is 13.1. The number of rotatable bonds is 3. The highest BCUT2D eigenvalue weighted by Gasteiger charge is 2.32. The zero-order valence-electron chi connectivity index (χ0n) is 16.7. The zero-order chi connectivity index (χ0) is 20.7. The number of fused-ring (bicyclic) bond motifs is 2. The van der Waals surface area contributed by atoms with Gasteiger partial charge in [0.15, 0.2) is 0 Å². The Kier molecular flexibility index (Phi) is 4.83. The molecule has 1 amide bonds. The van der Waals surface area contributed by atoms with Crippen LogP contribution in [0, 0.1) is 0 Å². The van der Waals surface area contributed by atoms with E-state index in [1.165, 1.54) is 4.31 Å². The Morgan fingerprint density at radius 1 is 0.900 bits per heavy atom. The van der Waals surface area contributed by atoms with Crippen LogP contribution in [0.25, 0.3) is 10.8 Å². The van der Waals surface area contributed by atoms with Crippen molar-refractivity contribution in [3.63, 3.8) is 0 Å². The summed E-state index contributed by atoms with van der Waals surface area (Å²) in [6.45, 7) is 2.22. The summed E-state index contributed by atoms with van der Waals surface area (Å²) < 4.78 is 29.7. The van der Waals surface area contributed by atoms with Crippen LogP contribution in [0.15, 0.2) is 53.6 Å². The van der Waals surface area contributed by atoms with Gasteiger partial charge in [-0.2, -0.15) is 9.40 Å². The summed E-state index contributed by atoms with van der Waals surface area (Å²) in [7, 11) is -3.59. The van der Waals surface area contributed by atoms with E-state index >= 15 is 0 Å². The van der Waals surface area contributed by atoms with E-state index in [1.807, 2.05) is 35.0 Å². The molecule has 2 aliphatic rings. The molecule has 8 heteroatoms. The normalized spacial score (nSPS) is 17.8. The SMILES string of the molecule is O=C(c1cnn2c1CCCC2)N1CCN(S(=O)(=O)c2ccc3ccccc3c2)CC1. The summed E-state index contributed by atoms with van der Waals surface area (Å²) >= 11 is 0. The number of hydrogen-bond acceptors (Lipinski definition) is 4. The molecular weight excluding hydrogens is 400 g/mol. The van der Waals surface area contributed by atoms with E-state index in [9.17, 15) is 13.2 Å². The fourth-order valence-electron chi connectivity index (χ4n) is 4.38. The Morgan fingerprint density at radius 2 is 1.67 bits per heavy atom. The van der Waals surface area contributed by atoms with Gasteiger partial charge < -0.3 is 4.90 Å². The standard InChI is InChI=1S/C22H24N4O3S/c27-22(20-16-23-26-10-4-3-7-21(20)26)24-11-13-25(14-12-24)30(28,29)19-9-8-17-5-1-2-6-18(17)15-19/h1-2,5-6,8-9,15-16H,3-4,7,10-14H2. The van der Waals surface area contributed by atoms with E-state index in [-0.39, 0.29) is 5.91 Å². The Balaban J connectivity index is 1.31. The minimum atomic E-state index is -3.59. The van der Waals surface area contributed by atoms with Crippen molar-refractivity contribution in [2.75, 3.05) is 26.2 Å². The average molecular weight is 425 g/mol. The van der Waals surface area contributed by atoms with Crippen LogP contribution < -0.4 is 0 Å². The molecule has 7 nitrogen and oxygen atoms in total. The monoisotopic (exact) mass is 424 g/mol. The molecule has 0 aliphatic carbocycles. The Hall–Kier alpha value is -2.71. The number of benzene rings is 2. The molecule has 0 unspecified atom stereocenters. The molecule has 1 aromatic heterocycles. The van der Waals surface area contributed by atoms with Gasteiger partial charge in [-0.1, -0.05) is 30.3 Å². The molecule has 3 heterocycles. The van der Waals surface area contributed by atoms with Gasteiger partial charge in [0.1, 0.15) is 0 Å². The minimum absolute atomic E-state index is 0.0408. The number of carbonyl (C=O) groups excluding carboxylic acids is 1. The van der Waals surface area contributed by atoms with Gasteiger partial charge in [-0.25, -0.2) is 8.42 Å². The van der Waals surface area contributed by atoms with Crippen molar-refractivity contribution >= 4 is 26.7 Å². The third kappa shape index (κ3) is 3.30. The lowest BCUT2D eigenvalue weighted by molar-refractivity contribution is 0.0696. The first-order valence-electron chi connectivity index (χ1n) is 10.4. The molecular formula is C22H24N4O3S. The number of aryl methyl sites for hydroxylation is 1. The number of carbonyl (C=O) groups is 1. The lowest BCUT2D eigenvalue weighted by Gasteiger charge is -2.34. The van der Waals surface area contributed by atoms with Crippen LogP contribution in [-0.2, 0) is 23.0 Å². The van der Waals surface area contributed by atoms with Gasteiger partial charge in [-0.15, -0.1) is 0 Å². The van der Waals surface area contributed by atoms with Crippen LogP contribution in [0.3, 0.4) is 0 Å². The number of sulfonamides is 1. The van der Waals surface area contributed by atoms with E-state index < -0.39 is 10.0 Å². The smallest absolute Gasteiger partial charge is 0.257 e. The lowest BCUT2D eigenvalue weighted by Crippen LogP contribution is -2.50. The average Bonchev–Trinajstić information content (AvgIpc) is 3.22. The number of amides is 1. The van der Waals surface area contributed by atoms with Crippen LogP contribution in [-0.4, -0.2) is 59.5 Å². The molecule has 5 rings (SSSR count). The Bertz CT molecular complexity index is 1210. The molecule has 30 heavy (non-hydrogen) atoms. The van der Waals surface area contributed by atoms with E-state index in [4.69, 9.17) is 0 Å². The molecule has 1 fully saturated rings. The number of aromatic nitrogens is 2. The van der Waals surface area contributed by atoms with Gasteiger partial charge in [0.25, 0.3) is 5.91 Å². The van der Waals surface area contributed by atoms with Crippen molar-refractivity contribution in [1.29, 1.82) is 0 Å². The minimum Gasteiger partial charge on any atom is -0.336 e. The molecule has 2 aromatic carbocycles. The zero-order valence-corrected chi connectivity index (χ0v) is 17.5. The highest BCUT2D eigenvalue weighted by molar-refractivity contribution is 7.89. The van der Waals surface area contributed by atoms with E-state index in [1.54, 1.807) is 23.2 Å². The van der Waals surface area contributed by atoms with Gasteiger partial charge >= 0.3 is 0 Å². The quantitative estimate of drug-likeness (QED) is 0.648. The second-order valence-corrected chi connectivity index (χ2v) is 9.83. The van der Waals surface area contributed by atoms with Gasteiger partial charge in [-0.3, -0.25) is 9.48 Å². The lowest BCUT2D eigenvalue weighted by atomic mass is 10.1. The fraction of sp³-hybridized carbons (Fsp3) is 0.364. The molecule has 0 saturated carbocycles. The van der Waals surface area contributed by atoms with Gasteiger partial charge in [-0.05, 0) is 42.2 Å². The van der Waals surface area contributed by atoms with Crippen LogP contribution in [0.5, 0.6) is 0 Å². The van der Waals surface area contributed by atoms with Crippen molar-refractivity contribution in [3.05, 3.63) is 59.9 Å². The van der Waals surface area contributed by atoms with Gasteiger partial charge in [0, 0.05) is 32.7 Å². The van der Waals surface area contributed by atoms with E-state index in [0.717, 1.165) is 42.3 Å². The third-order valence-electron chi connectivity index (χ3n) is 6.10. The summed E-state index contributed by atoms with van der Waals surface area (Å²) in [5, 5.41) is 6.27. The van der Waals surface area contributed by atoms with Crippen molar-refractivity contribution in [2.24, 2.45) is 0 Å². The highest BCUT2D eigenvalue weighted by atomic mass is 32.2. The fourth-order valence-corrected chi connectivity index (χ4v) is 5.84. The molecule has 0 spiro atoms. The number of piperazine rings is 1. The topological polar surface area (TPSA) is 75.5 Å². The second kappa shape index (κ2) is 7.52. The highest BCUT2D eigenvalue weighted by Crippen LogP contribution is 2.24. The van der Waals surface area contributed by atoms with Crippen LogP contribution in [0.1, 0.15) is 28.9 Å². The van der Waals surface area contributed by atoms with Crippen molar-refractivity contribution < 1.29 is 13.2 Å². The van der Waals surface area contributed by atoms with E-state index in [0.29, 0.717) is 36.6 Å². The van der Waals surface area contributed by atoms with Crippen LogP contribution >= 0.6 is 0 Å². The maximum atomic E-state index is 13.1. The first kappa shape index (κ1) is 19.3. The molecule has 3 aromatic rings.